The number of halogens is 1. The molecule has 1 aromatic rings. The molecule has 2 saturated heterocycles. The zero-order chi connectivity index (χ0) is 17.4. The summed E-state index contributed by atoms with van der Waals surface area (Å²) < 4.78 is 0. The Bertz CT molecular complexity index is 687. The van der Waals surface area contributed by atoms with Crippen LogP contribution in [0.15, 0.2) is 18.2 Å². The van der Waals surface area contributed by atoms with Crippen molar-refractivity contribution in [2.75, 3.05) is 13.1 Å². The average molecular weight is 362 g/mol. The largest absolute Gasteiger partial charge is 0.339 e. The van der Waals surface area contributed by atoms with E-state index >= 15 is 0 Å². The first kappa shape index (κ1) is 16.7. The number of amides is 3. The Labute approximate surface area is 153 Å². The smallest absolute Gasteiger partial charge is 0.315 e. The predicted molar refractivity (Wildman–Crippen MR) is 97.0 cm³/mol. The molecule has 4 rings (SSSR count). The highest BCUT2D eigenvalue weighted by atomic mass is 35.5. The molecule has 0 aromatic heterocycles. The van der Waals surface area contributed by atoms with E-state index in [1.165, 1.54) is 6.42 Å². The summed E-state index contributed by atoms with van der Waals surface area (Å²) in [4.78, 5) is 26.3. The highest BCUT2D eigenvalue weighted by Crippen LogP contribution is 2.38. The minimum atomic E-state index is -0.0734. The number of rotatable bonds is 2. The SMILES string of the molecule is O=C1NC2CCC(c3cc(C(=O)N4CCCCC4)ccc3Cl)CC2N1. The highest BCUT2D eigenvalue weighted by molar-refractivity contribution is 6.31. The van der Waals surface area contributed by atoms with Crippen molar-refractivity contribution >= 4 is 23.5 Å². The lowest BCUT2D eigenvalue weighted by Gasteiger charge is -2.32. The fourth-order valence-electron chi connectivity index (χ4n) is 4.43. The lowest BCUT2D eigenvalue weighted by molar-refractivity contribution is 0.0724. The second-order valence-corrected chi connectivity index (χ2v) is 7.84. The number of nitrogens with one attached hydrogen (secondary N) is 2. The molecule has 134 valence electrons. The van der Waals surface area contributed by atoms with Crippen molar-refractivity contribution in [2.45, 2.75) is 56.5 Å². The number of hydrogen-bond donors (Lipinski definition) is 2. The molecule has 3 aliphatic rings. The van der Waals surface area contributed by atoms with Gasteiger partial charge in [0.05, 0.1) is 12.1 Å². The van der Waals surface area contributed by atoms with Gasteiger partial charge in [-0.15, -0.1) is 0 Å². The number of nitrogens with zero attached hydrogens (tertiary/aromatic N) is 1. The van der Waals surface area contributed by atoms with Crippen molar-refractivity contribution in [3.8, 4) is 0 Å². The molecular formula is C19H24ClN3O2. The van der Waals surface area contributed by atoms with Crippen LogP contribution in [0.25, 0.3) is 0 Å². The molecule has 3 fully saturated rings. The number of piperidine rings is 1. The molecule has 6 heteroatoms. The van der Waals surface area contributed by atoms with E-state index in [9.17, 15) is 9.59 Å². The zero-order valence-corrected chi connectivity index (χ0v) is 15.0. The lowest BCUT2D eigenvalue weighted by atomic mass is 9.79. The van der Waals surface area contributed by atoms with Gasteiger partial charge in [-0.3, -0.25) is 4.79 Å². The van der Waals surface area contributed by atoms with Gasteiger partial charge in [0.1, 0.15) is 0 Å². The van der Waals surface area contributed by atoms with Crippen molar-refractivity contribution in [3.63, 3.8) is 0 Å². The minimum Gasteiger partial charge on any atom is -0.339 e. The van der Waals surface area contributed by atoms with Crippen molar-refractivity contribution in [1.82, 2.24) is 15.5 Å². The van der Waals surface area contributed by atoms with Crippen LogP contribution in [0.3, 0.4) is 0 Å². The average Bonchev–Trinajstić information content (AvgIpc) is 3.01. The van der Waals surface area contributed by atoms with Gasteiger partial charge in [-0.25, -0.2) is 4.79 Å². The highest BCUT2D eigenvalue weighted by Gasteiger charge is 2.38. The third-order valence-corrected chi connectivity index (χ3v) is 6.15. The molecule has 3 amide bonds. The maximum absolute atomic E-state index is 12.8. The number of urea groups is 1. The first-order valence-electron chi connectivity index (χ1n) is 9.27. The van der Waals surface area contributed by atoms with Crippen molar-refractivity contribution < 1.29 is 9.59 Å². The zero-order valence-electron chi connectivity index (χ0n) is 14.3. The van der Waals surface area contributed by atoms with Gasteiger partial charge in [0.2, 0.25) is 0 Å². The fourth-order valence-corrected chi connectivity index (χ4v) is 4.70. The van der Waals surface area contributed by atoms with Gasteiger partial charge in [-0.2, -0.15) is 0 Å². The number of likely N-dealkylation sites (tertiary alicyclic amines) is 1. The fraction of sp³-hybridized carbons (Fsp3) is 0.579. The summed E-state index contributed by atoms with van der Waals surface area (Å²) in [5.74, 6) is 0.394. The predicted octanol–water partition coefficient (Wildman–Crippen LogP) is 3.28. The molecule has 0 bridgehead atoms. The number of fused-ring (bicyclic) bond motifs is 1. The molecule has 0 radical (unpaired) electrons. The minimum absolute atomic E-state index is 0.0734. The Morgan fingerprint density at radius 1 is 1.08 bits per heavy atom. The Hall–Kier alpha value is -1.75. The Kier molecular flexibility index (Phi) is 4.59. The molecule has 0 spiro atoms. The van der Waals surface area contributed by atoms with E-state index in [1.807, 2.05) is 23.1 Å². The molecular weight excluding hydrogens is 338 g/mol. The summed E-state index contributed by atoms with van der Waals surface area (Å²) >= 11 is 6.46. The number of benzene rings is 1. The van der Waals surface area contributed by atoms with E-state index < -0.39 is 0 Å². The van der Waals surface area contributed by atoms with Gasteiger partial charge in [0.15, 0.2) is 0 Å². The quantitative estimate of drug-likeness (QED) is 0.849. The first-order chi connectivity index (χ1) is 12.1. The van der Waals surface area contributed by atoms with Gasteiger partial charge in [-0.05, 0) is 68.2 Å². The molecule has 2 aliphatic heterocycles. The normalized spacial score (nSPS) is 28.9. The molecule has 25 heavy (non-hydrogen) atoms. The maximum Gasteiger partial charge on any atom is 0.315 e. The van der Waals surface area contributed by atoms with Gasteiger partial charge in [-0.1, -0.05) is 11.6 Å². The van der Waals surface area contributed by atoms with Gasteiger partial charge in [0.25, 0.3) is 5.91 Å². The maximum atomic E-state index is 12.8. The molecule has 2 heterocycles. The van der Waals surface area contributed by atoms with E-state index in [0.717, 1.165) is 61.3 Å². The van der Waals surface area contributed by atoms with Gasteiger partial charge < -0.3 is 15.5 Å². The van der Waals surface area contributed by atoms with E-state index in [1.54, 1.807) is 0 Å². The number of hydrogen-bond acceptors (Lipinski definition) is 2. The van der Waals surface area contributed by atoms with E-state index in [0.29, 0.717) is 0 Å². The van der Waals surface area contributed by atoms with Crippen molar-refractivity contribution in [1.29, 1.82) is 0 Å². The van der Waals surface area contributed by atoms with Crippen LogP contribution in [0, 0.1) is 0 Å². The van der Waals surface area contributed by atoms with Gasteiger partial charge >= 0.3 is 6.03 Å². The second-order valence-electron chi connectivity index (χ2n) is 7.43. The number of carbonyl (C=O) groups excluding carboxylic acids is 2. The van der Waals surface area contributed by atoms with Crippen LogP contribution in [0.2, 0.25) is 5.02 Å². The topological polar surface area (TPSA) is 61.4 Å². The van der Waals surface area contributed by atoms with Crippen LogP contribution < -0.4 is 10.6 Å². The van der Waals surface area contributed by atoms with Crippen LogP contribution in [0.4, 0.5) is 4.79 Å². The molecule has 2 N–H and O–H groups in total. The third kappa shape index (κ3) is 3.34. The second kappa shape index (κ2) is 6.87. The van der Waals surface area contributed by atoms with E-state index in [4.69, 9.17) is 11.6 Å². The Balaban J connectivity index is 1.53. The molecule has 1 aliphatic carbocycles. The molecule has 1 saturated carbocycles. The monoisotopic (exact) mass is 361 g/mol. The van der Waals surface area contributed by atoms with Crippen LogP contribution in [0.5, 0.6) is 0 Å². The Morgan fingerprint density at radius 2 is 1.84 bits per heavy atom. The third-order valence-electron chi connectivity index (χ3n) is 5.81. The molecule has 1 aromatic carbocycles. The van der Waals surface area contributed by atoms with Crippen LogP contribution in [-0.4, -0.2) is 42.0 Å². The van der Waals surface area contributed by atoms with Crippen LogP contribution in [-0.2, 0) is 0 Å². The van der Waals surface area contributed by atoms with Crippen LogP contribution in [0.1, 0.15) is 60.4 Å². The summed E-state index contributed by atoms with van der Waals surface area (Å²) in [7, 11) is 0. The summed E-state index contributed by atoms with van der Waals surface area (Å²) in [5, 5.41) is 6.69. The standard InChI is InChI=1S/C19H24ClN3O2/c20-15-6-4-13(18(24)23-8-2-1-3-9-23)10-14(15)12-5-7-16-17(11-12)22-19(25)21-16/h4,6,10,12,16-17H,1-3,5,7-9,11H2,(H2,21,22,25). The summed E-state index contributed by atoms with van der Waals surface area (Å²) in [6, 6.07) is 5.98. The van der Waals surface area contributed by atoms with Crippen molar-refractivity contribution in [2.24, 2.45) is 0 Å². The summed E-state index contributed by atoms with van der Waals surface area (Å²) in [6.45, 7) is 1.70. The van der Waals surface area contributed by atoms with Gasteiger partial charge in [0, 0.05) is 23.7 Å². The molecule has 3 atom stereocenters. The Morgan fingerprint density at radius 3 is 2.64 bits per heavy atom. The number of carbonyl (C=O) groups is 2. The van der Waals surface area contributed by atoms with E-state index in [-0.39, 0.29) is 29.9 Å². The first-order valence-corrected chi connectivity index (χ1v) is 9.65. The molecule has 3 unspecified atom stereocenters. The summed E-state index contributed by atoms with van der Waals surface area (Å²) in [6.07, 6.45) is 6.17. The van der Waals surface area contributed by atoms with Crippen molar-refractivity contribution in [3.05, 3.63) is 34.3 Å². The lowest BCUT2D eigenvalue weighted by Crippen LogP contribution is -2.39. The van der Waals surface area contributed by atoms with Crippen LogP contribution >= 0.6 is 11.6 Å². The van der Waals surface area contributed by atoms with E-state index in [2.05, 4.69) is 10.6 Å². The molecule has 5 nitrogen and oxygen atoms in total. The summed E-state index contributed by atoms with van der Waals surface area (Å²) in [5.41, 5.74) is 1.78.